The molecule has 5 heteroatoms. The molecule has 2 amide bonds. The van der Waals surface area contributed by atoms with Gasteiger partial charge in [0.05, 0.1) is 6.54 Å². The van der Waals surface area contributed by atoms with E-state index < -0.39 is 0 Å². The minimum atomic E-state index is -0.165. The van der Waals surface area contributed by atoms with E-state index in [0.29, 0.717) is 17.8 Å². The van der Waals surface area contributed by atoms with Gasteiger partial charge in [0.1, 0.15) is 0 Å². The molecule has 0 unspecified atom stereocenters. The third-order valence-electron chi connectivity index (χ3n) is 3.45. The van der Waals surface area contributed by atoms with Crippen LogP contribution in [0.5, 0.6) is 0 Å². The Kier molecular flexibility index (Phi) is 6.37. The molecule has 5 nitrogen and oxygen atoms in total. The highest BCUT2D eigenvalue weighted by Gasteiger charge is 2.07. The van der Waals surface area contributed by atoms with Crippen molar-refractivity contribution < 1.29 is 9.59 Å². The van der Waals surface area contributed by atoms with Crippen LogP contribution in [0.1, 0.15) is 29.3 Å². The van der Waals surface area contributed by atoms with Crippen molar-refractivity contribution in [3.05, 3.63) is 59.7 Å². The fourth-order valence-electron chi connectivity index (χ4n) is 2.14. The summed E-state index contributed by atoms with van der Waals surface area (Å²) < 4.78 is 0. The van der Waals surface area contributed by atoms with Crippen LogP contribution in [-0.4, -0.2) is 24.9 Å². The summed E-state index contributed by atoms with van der Waals surface area (Å²) in [6.45, 7) is 4.81. The number of anilines is 2. The van der Waals surface area contributed by atoms with Crippen molar-refractivity contribution in [2.45, 2.75) is 20.3 Å². The first-order valence-electron chi connectivity index (χ1n) is 8.07. The number of hydrogen-bond donors (Lipinski definition) is 3. The van der Waals surface area contributed by atoms with Crippen molar-refractivity contribution >= 4 is 23.2 Å². The Morgan fingerprint density at radius 3 is 2.46 bits per heavy atom. The largest absolute Gasteiger partial charge is 0.376 e. The molecule has 0 spiro atoms. The third-order valence-corrected chi connectivity index (χ3v) is 3.45. The Morgan fingerprint density at radius 1 is 1.00 bits per heavy atom. The fraction of sp³-hybridized carbons (Fsp3) is 0.263. The second-order valence-electron chi connectivity index (χ2n) is 5.60. The molecule has 0 saturated heterocycles. The quantitative estimate of drug-likeness (QED) is 0.732. The molecule has 0 aromatic heterocycles. The lowest BCUT2D eigenvalue weighted by molar-refractivity contribution is -0.114. The van der Waals surface area contributed by atoms with E-state index in [2.05, 4.69) is 16.0 Å². The summed E-state index contributed by atoms with van der Waals surface area (Å²) in [5.74, 6) is -0.299. The van der Waals surface area contributed by atoms with Crippen LogP contribution in [0.3, 0.4) is 0 Å². The molecule has 2 aromatic rings. The number of aryl methyl sites for hydroxylation is 1. The van der Waals surface area contributed by atoms with Crippen LogP contribution in [0.25, 0.3) is 0 Å². The van der Waals surface area contributed by atoms with Crippen LogP contribution in [0.4, 0.5) is 11.4 Å². The van der Waals surface area contributed by atoms with Gasteiger partial charge in [-0.2, -0.15) is 0 Å². The maximum Gasteiger partial charge on any atom is 0.251 e. The molecule has 2 aromatic carbocycles. The highest BCUT2D eigenvalue weighted by Crippen LogP contribution is 2.11. The van der Waals surface area contributed by atoms with E-state index in [1.165, 1.54) is 5.56 Å². The van der Waals surface area contributed by atoms with E-state index in [-0.39, 0.29) is 18.4 Å². The molecule has 2 rings (SSSR count). The van der Waals surface area contributed by atoms with Gasteiger partial charge in [0.15, 0.2) is 0 Å². The smallest absolute Gasteiger partial charge is 0.251 e. The first kappa shape index (κ1) is 17.5. The molecule has 3 N–H and O–H groups in total. The third kappa shape index (κ3) is 5.43. The van der Waals surface area contributed by atoms with Crippen LogP contribution in [0.2, 0.25) is 0 Å². The van der Waals surface area contributed by atoms with Gasteiger partial charge in [-0.1, -0.05) is 30.7 Å². The minimum Gasteiger partial charge on any atom is -0.376 e. The number of rotatable bonds is 7. The molecule has 0 heterocycles. The predicted octanol–water partition coefficient (Wildman–Crippen LogP) is 3.19. The lowest BCUT2D eigenvalue weighted by atomic mass is 10.2. The molecule has 24 heavy (non-hydrogen) atoms. The standard InChI is InChI=1S/C19H23N3O2/c1-3-11-20-19(24)15-5-4-6-17(12-15)22-18(23)13-21-16-9-7-14(2)8-10-16/h4-10,12,21H,3,11,13H2,1-2H3,(H,20,24)(H,22,23). The van der Waals surface area contributed by atoms with Gasteiger partial charge in [-0.25, -0.2) is 0 Å². The molecule has 126 valence electrons. The number of benzene rings is 2. The van der Waals surface area contributed by atoms with Crippen LogP contribution in [0, 0.1) is 6.92 Å². The predicted molar refractivity (Wildman–Crippen MR) is 97.4 cm³/mol. The molecule has 0 aliphatic rings. The first-order valence-corrected chi connectivity index (χ1v) is 8.07. The maximum absolute atomic E-state index is 12.0. The number of amides is 2. The zero-order chi connectivity index (χ0) is 17.4. The van der Waals surface area contributed by atoms with Crippen molar-refractivity contribution in [1.82, 2.24) is 5.32 Å². The number of nitrogens with one attached hydrogen (secondary N) is 3. The van der Waals surface area contributed by atoms with E-state index in [1.54, 1.807) is 24.3 Å². The normalized spacial score (nSPS) is 10.1. The highest BCUT2D eigenvalue weighted by atomic mass is 16.2. The van der Waals surface area contributed by atoms with Crippen molar-refractivity contribution in [2.24, 2.45) is 0 Å². The highest BCUT2D eigenvalue weighted by molar-refractivity contribution is 5.98. The molecular formula is C19H23N3O2. The zero-order valence-electron chi connectivity index (χ0n) is 14.1. The van der Waals surface area contributed by atoms with Gasteiger partial charge < -0.3 is 16.0 Å². The Balaban J connectivity index is 1.89. The topological polar surface area (TPSA) is 70.2 Å². The lowest BCUT2D eigenvalue weighted by Gasteiger charge is -2.09. The Hall–Kier alpha value is -2.82. The summed E-state index contributed by atoms with van der Waals surface area (Å²) in [5.41, 5.74) is 3.20. The van der Waals surface area contributed by atoms with Crippen LogP contribution in [-0.2, 0) is 4.79 Å². The molecule has 0 fully saturated rings. The van der Waals surface area contributed by atoms with E-state index in [4.69, 9.17) is 0 Å². The summed E-state index contributed by atoms with van der Waals surface area (Å²) in [6.07, 6.45) is 0.882. The SMILES string of the molecule is CCCNC(=O)c1cccc(NC(=O)CNc2ccc(C)cc2)c1. The average molecular weight is 325 g/mol. The number of carbonyl (C=O) groups is 2. The van der Waals surface area contributed by atoms with Gasteiger partial charge in [-0.05, 0) is 43.7 Å². The maximum atomic E-state index is 12.0. The van der Waals surface area contributed by atoms with Crippen molar-refractivity contribution in [1.29, 1.82) is 0 Å². The second kappa shape index (κ2) is 8.72. The molecular weight excluding hydrogens is 302 g/mol. The van der Waals surface area contributed by atoms with Gasteiger partial charge in [-0.15, -0.1) is 0 Å². The van der Waals surface area contributed by atoms with E-state index in [0.717, 1.165) is 12.1 Å². The number of hydrogen-bond acceptors (Lipinski definition) is 3. The molecule has 0 aliphatic heterocycles. The lowest BCUT2D eigenvalue weighted by Crippen LogP contribution is -2.24. The summed E-state index contributed by atoms with van der Waals surface area (Å²) in [5, 5.41) is 8.68. The summed E-state index contributed by atoms with van der Waals surface area (Å²) in [4.78, 5) is 24.0. The fourth-order valence-corrected chi connectivity index (χ4v) is 2.14. The number of carbonyl (C=O) groups excluding carboxylic acids is 2. The van der Waals surface area contributed by atoms with Gasteiger partial charge in [0.25, 0.3) is 5.91 Å². The van der Waals surface area contributed by atoms with Gasteiger partial charge in [0, 0.05) is 23.5 Å². The van der Waals surface area contributed by atoms with E-state index in [9.17, 15) is 9.59 Å². The van der Waals surface area contributed by atoms with Crippen molar-refractivity contribution in [3.8, 4) is 0 Å². The molecule has 0 bridgehead atoms. The summed E-state index contributed by atoms with van der Waals surface area (Å²) in [6, 6.07) is 14.8. The van der Waals surface area contributed by atoms with Crippen LogP contribution in [0.15, 0.2) is 48.5 Å². The first-order chi connectivity index (χ1) is 11.6. The second-order valence-corrected chi connectivity index (χ2v) is 5.60. The Labute approximate surface area is 142 Å². The average Bonchev–Trinajstić information content (AvgIpc) is 2.59. The molecule has 0 radical (unpaired) electrons. The molecule has 0 saturated carbocycles. The van der Waals surface area contributed by atoms with Crippen molar-refractivity contribution in [3.63, 3.8) is 0 Å². The van der Waals surface area contributed by atoms with E-state index >= 15 is 0 Å². The summed E-state index contributed by atoms with van der Waals surface area (Å²) >= 11 is 0. The monoisotopic (exact) mass is 325 g/mol. The van der Waals surface area contributed by atoms with Gasteiger partial charge in [0.2, 0.25) is 5.91 Å². The van der Waals surface area contributed by atoms with Gasteiger partial charge in [-0.3, -0.25) is 9.59 Å². The zero-order valence-corrected chi connectivity index (χ0v) is 14.1. The summed E-state index contributed by atoms with van der Waals surface area (Å²) in [7, 11) is 0. The van der Waals surface area contributed by atoms with Crippen molar-refractivity contribution in [2.75, 3.05) is 23.7 Å². The molecule has 0 aliphatic carbocycles. The molecule has 0 atom stereocenters. The van der Waals surface area contributed by atoms with Crippen LogP contribution >= 0.6 is 0 Å². The van der Waals surface area contributed by atoms with Gasteiger partial charge >= 0.3 is 0 Å². The van der Waals surface area contributed by atoms with Crippen LogP contribution < -0.4 is 16.0 Å². The van der Waals surface area contributed by atoms with E-state index in [1.807, 2.05) is 38.1 Å². The Morgan fingerprint density at radius 2 is 1.75 bits per heavy atom. The minimum absolute atomic E-state index is 0.134. The Bertz CT molecular complexity index is 696.